The average molecular weight is 464 g/mol. The van der Waals surface area contributed by atoms with Crippen molar-refractivity contribution in [1.82, 2.24) is 9.29 Å². The number of carbonyl (C=O) groups excluding carboxylic acids is 1. The highest BCUT2D eigenvalue weighted by atomic mass is 32.2. The lowest BCUT2D eigenvalue weighted by Crippen LogP contribution is -2.22. The van der Waals surface area contributed by atoms with Crippen LogP contribution in [0.3, 0.4) is 0 Å². The van der Waals surface area contributed by atoms with Crippen molar-refractivity contribution in [2.75, 3.05) is 19.4 Å². The summed E-state index contributed by atoms with van der Waals surface area (Å²) in [6, 6.07) is 23.7. The normalized spacial score (nSPS) is 11.5. The van der Waals surface area contributed by atoms with E-state index < -0.39 is 10.0 Å². The van der Waals surface area contributed by atoms with Crippen molar-refractivity contribution in [2.45, 2.75) is 4.90 Å². The van der Waals surface area contributed by atoms with Crippen LogP contribution in [0.4, 0.5) is 5.13 Å². The van der Waals surface area contributed by atoms with E-state index in [2.05, 4.69) is 10.3 Å². The van der Waals surface area contributed by atoms with Gasteiger partial charge in [0.2, 0.25) is 10.0 Å². The zero-order valence-corrected chi connectivity index (χ0v) is 19.2. The molecule has 1 aromatic heterocycles. The summed E-state index contributed by atoms with van der Waals surface area (Å²) in [5.74, 6) is -0.238. The second-order valence-corrected chi connectivity index (χ2v) is 10.2. The lowest BCUT2D eigenvalue weighted by atomic mass is 9.99. The SMILES string of the molecule is CN(C)S(=O)(=O)c1ccc(-c2csc(NC(=O)c3ccccc3-c3ccccc3)n2)cc1. The summed E-state index contributed by atoms with van der Waals surface area (Å²) < 4.78 is 25.6. The molecule has 0 aliphatic heterocycles. The lowest BCUT2D eigenvalue weighted by Gasteiger charge is -2.11. The fraction of sp³-hybridized carbons (Fsp3) is 0.0833. The van der Waals surface area contributed by atoms with Crippen molar-refractivity contribution in [3.63, 3.8) is 0 Å². The van der Waals surface area contributed by atoms with E-state index in [0.717, 1.165) is 16.7 Å². The summed E-state index contributed by atoms with van der Waals surface area (Å²) in [5, 5.41) is 5.17. The van der Waals surface area contributed by atoms with E-state index in [9.17, 15) is 13.2 Å². The Morgan fingerprint density at radius 3 is 2.22 bits per heavy atom. The summed E-state index contributed by atoms with van der Waals surface area (Å²) in [6.45, 7) is 0. The lowest BCUT2D eigenvalue weighted by molar-refractivity contribution is 0.102. The van der Waals surface area contributed by atoms with Gasteiger partial charge in [-0.05, 0) is 29.3 Å². The number of amides is 1. The van der Waals surface area contributed by atoms with Gasteiger partial charge in [-0.25, -0.2) is 17.7 Å². The average Bonchev–Trinajstić information content (AvgIpc) is 3.28. The fourth-order valence-electron chi connectivity index (χ4n) is 3.19. The maximum atomic E-state index is 13.0. The van der Waals surface area contributed by atoms with Crippen LogP contribution in [0, 0.1) is 0 Å². The smallest absolute Gasteiger partial charge is 0.258 e. The van der Waals surface area contributed by atoms with Gasteiger partial charge in [-0.2, -0.15) is 0 Å². The van der Waals surface area contributed by atoms with Gasteiger partial charge in [0.25, 0.3) is 5.91 Å². The number of anilines is 1. The summed E-state index contributed by atoms with van der Waals surface area (Å²) in [6.07, 6.45) is 0. The first-order chi connectivity index (χ1) is 15.4. The number of hydrogen-bond acceptors (Lipinski definition) is 5. The Labute approximate surface area is 191 Å². The van der Waals surface area contributed by atoms with E-state index in [1.165, 1.54) is 29.7 Å². The van der Waals surface area contributed by atoms with Crippen molar-refractivity contribution >= 4 is 32.4 Å². The Morgan fingerprint density at radius 2 is 1.53 bits per heavy atom. The summed E-state index contributed by atoms with van der Waals surface area (Å²) in [4.78, 5) is 17.7. The molecule has 1 N–H and O–H groups in total. The monoisotopic (exact) mass is 463 g/mol. The molecule has 4 rings (SSSR count). The van der Waals surface area contributed by atoms with Gasteiger partial charge in [-0.15, -0.1) is 11.3 Å². The van der Waals surface area contributed by atoms with Crippen LogP contribution in [0.1, 0.15) is 10.4 Å². The Balaban J connectivity index is 1.54. The molecule has 0 bridgehead atoms. The summed E-state index contributed by atoms with van der Waals surface area (Å²) >= 11 is 1.31. The highest BCUT2D eigenvalue weighted by Gasteiger charge is 2.18. The molecule has 162 valence electrons. The van der Waals surface area contributed by atoms with Gasteiger partial charge >= 0.3 is 0 Å². The van der Waals surface area contributed by atoms with Crippen molar-refractivity contribution in [3.05, 3.63) is 89.8 Å². The molecule has 0 radical (unpaired) electrons. The van der Waals surface area contributed by atoms with Crippen LogP contribution in [-0.4, -0.2) is 37.7 Å². The number of rotatable bonds is 6. The van der Waals surface area contributed by atoms with E-state index in [0.29, 0.717) is 16.4 Å². The molecular weight excluding hydrogens is 442 g/mol. The molecule has 0 aliphatic rings. The maximum Gasteiger partial charge on any atom is 0.258 e. The maximum absolute atomic E-state index is 13.0. The van der Waals surface area contributed by atoms with Crippen LogP contribution in [0.2, 0.25) is 0 Å². The van der Waals surface area contributed by atoms with Crippen LogP contribution >= 0.6 is 11.3 Å². The number of aromatic nitrogens is 1. The van der Waals surface area contributed by atoms with E-state index in [-0.39, 0.29) is 10.8 Å². The molecule has 0 atom stereocenters. The molecule has 8 heteroatoms. The van der Waals surface area contributed by atoms with Crippen molar-refractivity contribution in [3.8, 4) is 22.4 Å². The first-order valence-electron chi connectivity index (χ1n) is 9.80. The van der Waals surface area contributed by atoms with E-state index in [1.807, 2.05) is 53.9 Å². The molecule has 1 amide bonds. The third-order valence-electron chi connectivity index (χ3n) is 4.91. The highest BCUT2D eigenvalue weighted by molar-refractivity contribution is 7.89. The molecule has 0 saturated heterocycles. The minimum absolute atomic E-state index is 0.215. The first-order valence-corrected chi connectivity index (χ1v) is 12.1. The van der Waals surface area contributed by atoms with Gasteiger partial charge in [0, 0.05) is 30.6 Å². The molecule has 1 heterocycles. The minimum atomic E-state index is -3.49. The molecule has 0 unspecified atom stereocenters. The van der Waals surface area contributed by atoms with Gasteiger partial charge < -0.3 is 0 Å². The number of nitrogens with zero attached hydrogens (tertiary/aromatic N) is 2. The number of carbonyl (C=O) groups is 1. The van der Waals surface area contributed by atoms with Gasteiger partial charge in [0.1, 0.15) is 0 Å². The summed E-state index contributed by atoms with van der Waals surface area (Å²) in [7, 11) is -0.496. The zero-order chi connectivity index (χ0) is 22.7. The topological polar surface area (TPSA) is 79.4 Å². The highest BCUT2D eigenvalue weighted by Crippen LogP contribution is 2.28. The molecule has 6 nitrogen and oxygen atoms in total. The van der Waals surface area contributed by atoms with Crippen LogP contribution in [-0.2, 0) is 10.0 Å². The quantitative estimate of drug-likeness (QED) is 0.437. The zero-order valence-electron chi connectivity index (χ0n) is 17.5. The third kappa shape index (κ3) is 4.47. The summed E-state index contributed by atoms with van der Waals surface area (Å²) in [5.41, 5.74) is 3.80. The van der Waals surface area contributed by atoms with Crippen LogP contribution in [0.5, 0.6) is 0 Å². The molecule has 0 spiro atoms. The van der Waals surface area contributed by atoms with Crippen LogP contribution in [0.25, 0.3) is 22.4 Å². The molecule has 4 aromatic rings. The van der Waals surface area contributed by atoms with Gasteiger partial charge in [-0.3, -0.25) is 10.1 Å². The number of thiazole rings is 1. The molecule has 0 saturated carbocycles. The molecule has 0 aliphatic carbocycles. The van der Waals surface area contributed by atoms with Gasteiger partial charge in [0.15, 0.2) is 5.13 Å². The largest absolute Gasteiger partial charge is 0.298 e. The van der Waals surface area contributed by atoms with Crippen LogP contribution in [0.15, 0.2) is 89.1 Å². The van der Waals surface area contributed by atoms with E-state index >= 15 is 0 Å². The fourth-order valence-corrected chi connectivity index (χ4v) is 4.80. The molecular formula is C24H21N3O3S2. The number of hydrogen-bond donors (Lipinski definition) is 1. The van der Waals surface area contributed by atoms with E-state index in [4.69, 9.17) is 0 Å². The predicted octanol–water partition coefficient (Wildman–Crippen LogP) is 4.98. The number of nitrogens with one attached hydrogen (secondary N) is 1. The van der Waals surface area contributed by atoms with Crippen molar-refractivity contribution in [2.24, 2.45) is 0 Å². The Morgan fingerprint density at radius 1 is 0.875 bits per heavy atom. The number of benzene rings is 3. The minimum Gasteiger partial charge on any atom is -0.298 e. The molecule has 32 heavy (non-hydrogen) atoms. The van der Waals surface area contributed by atoms with Crippen molar-refractivity contribution < 1.29 is 13.2 Å². The van der Waals surface area contributed by atoms with Gasteiger partial charge in [0.05, 0.1) is 10.6 Å². The Hall–Kier alpha value is -3.33. The van der Waals surface area contributed by atoms with E-state index in [1.54, 1.807) is 30.3 Å². The van der Waals surface area contributed by atoms with Crippen molar-refractivity contribution in [1.29, 1.82) is 0 Å². The number of sulfonamides is 1. The van der Waals surface area contributed by atoms with Crippen LogP contribution < -0.4 is 5.32 Å². The second-order valence-electron chi connectivity index (χ2n) is 7.22. The predicted molar refractivity (Wildman–Crippen MR) is 128 cm³/mol. The molecule has 3 aromatic carbocycles. The second kappa shape index (κ2) is 9.04. The Kier molecular flexibility index (Phi) is 6.18. The third-order valence-corrected chi connectivity index (χ3v) is 7.50. The standard InChI is InChI=1S/C24H21N3O3S2/c1-27(2)32(29,30)19-14-12-18(13-15-19)22-16-31-24(25-22)26-23(28)21-11-7-6-10-20(21)17-8-4-3-5-9-17/h3-16H,1-2H3,(H,25,26,28). The van der Waals surface area contributed by atoms with Gasteiger partial charge in [-0.1, -0.05) is 60.7 Å². The Bertz CT molecular complexity index is 1350. The molecule has 0 fully saturated rings. The first kappa shape index (κ1) is 21.9.